The van der Waals surface area contributed by atoms with Gasteiger partial charge in [-0.25, -0.2) is 0 Å². The molecule has 0 spiro atoms. The van der Waals surface area contributed by atoms with Crippen LogP contribution in [0.5, 0.6) is 0 Å². The second-order valence-corrected chi connectivity index (χ2v) is 6.28. The van der Waals surface area contributed by atoms with E-state index in [0.29, 0.717) is 5.92 Å². The molecule has 0 bridgehead atoms. The van der Waals surface area contributed by atoms with Crippen LogP contribution < -0.4 is 0 Å². The van der Waals surface area contributed by atoms with Crippen LogP contribution in [0.25, 0.3) is 10.8 Å². The summed E-state index contributed by atoms with van der Waals surface area (Å²) in [7, 11) is 0. The third-order valence-electron chi connectivity index (χ3n) is 4.23. The van der Waals surface area contributed by atoms with E-state index in [2.05, 4.69) is 87.5 Å². The fourth-order valence-electron chi connectivity index (χ4n) is 2.99. The highest BCUT2D eigenvalue weighted by Gasteiger charge is 2.14. The van der Waals surface area contributed by atoms with E-state index in [4.69, 9.17) is 4.99 Å². The van der Waals surface area contributed by atoms with Gasteiger partial charge in [-0.15, -0.1) is 0 Å². The minimum Gasteiger partial charge on any atom is -0.281 e. The first-order valence-electron chi connectivity index (χ1n) is 8.27. The predicted octanol–water partition coefficient (Wildman–Crippen LogP) is 6.05. The van der Waals surface area contributed by atoms with Crippen molar-refractivity contribution in [3.8, 4) is 0 Å². The van der Waals surface area contributed by atoms with Gasteiger partial charge in [0.1, 0.15) is 0 Å². The van der Waals surface area contributed by atoms with Crippen molar-refractivity contribution in [3.63, 3.8) is 0 Å². The Morgan fingerprint density at radius 1 is 0.739 bits per heavy atom. The third-order valence-corrected chi connectivity index (χ3v) is 4.23. The molecule has 3 aromatic rings. The summed E-state index contributed by atoms with van der Waals surface area (Å²) < 4.78 is 0. The van der Waals surface area contributed by atoms with Gasteiger partial charge in [-0.3, -0.25) is 4.99 Å². The van der Waals surface area contributed by atoms with Gasteiger partial charge in [0.05, 0.1) is 6.04 Å². The first-order valence-corrected chi connectivity index (χ1v) is 8.27. The first-order chi connectivity index (χ1) is 11.2. The second kappa shape index (κ2) is 6.78. The lowest BCUT2D eigenvalue weighted by molar-refractivity contribution is 0.787. The van der Waals surface area contributed by atoms with E-state index in [1.54, 1.807) is 0 Å². The summed E-state index contributed by atoms with van der Waals surface area (Å²) >= 11 is 0. The zero-order valence-corrected chi connectivity index (χ0v) is 14.0. The Balaban J connectivity index is 2.10. The molecule has 0 heterocycles. The highest BCUT2D eigenvalue weighted by atomic mass is 14.8. The van der Waals surface area contributed by atoms with Crippen molar-refractivity contribution >= 4 is 16.5 Å². The van der Waals surface area contributed by atoms with E-state index < -0.39 is 0 Å². The van der Waals surface area contributed by atoms with Gasteiger partial charge in [0.2, 0.25) is 0 Å². The average Bonchev–Trinajstić information content (AvgIpc) is 2.59. The topological polar surface area (TPSA) is 12.4 Å². The van der Waals surface area contributed by atoms with Crippen LogP contribution in [0.2, 0.25) is 0 Å². The van der Waals surface area contributed by atoms with Crippen molar-refractivity contribution in [1.82, 2.24) is 0 Å². The zero-order chi connectivity index (χ0) is 16.2. The minimum absolute atomic E-state index is 0.160. The fraction of sp³-hybridized carbons (Fsp3) is 0.227. The molecule has 0 saturated heterocycles. The zero-order valence-electron chi connectivity index (χ0n) is 14.0. The van der Waals surface area contributed by atoms with Gasteiger partial charge >= 0.3 is 0 Å². The molecule has 0 aliphatic heterocycles. The van der Waals surface area contributed by atoms with Crippen LogP contribution in [0.3, 0.4) is 0 Å². The van der Waals surface area contributed by atoms with Crippen molar-refractivity contribution < 1.29 is 0 Å². The second-order valence-electron chi connectivity index (χ2n) is 6.28. The Morgan fingerprint density at radius 3 is 2.13 bits per heavy atom. The van der Waals surface area contributed by atoms with Crippen molar-refractivity contribution in [3.05, 3.63) is 83.9 Å². The van der Waals surface area contributed by atoms with Gasteiger partial charge in [-0.2, -0.15) is 0 Å². The Labute approximate surface area is 138 Å². The molecule has 1 nitrogen and oxygen atoms in total. The van der Waals surface area contributed by atoms with Gasteiger partial charge in [0.15, 0.2) is 0 Å². The molecule has 116 valence electrons. The van der Waals surface area contributed by atoms with Crippen molar-refractivity contribution in [2.75, 3.05) is 0 Å². The fourth-order valence-corrected chi connectivity index (χ4v) is 2.99. The van der Waals surface area contributed by atoms with Crippen LogP contribution in [0.15, 0.2) is 77.8 Å². The Morgan fingerprint density at radius 2 is 1.39 bits per heavy atom. The monoisotopic (exact) mass is 301 g/mol. The Hall–Kier alpha value is -2.41. The molecule has 0 amide bonds. The number of rotatable bonds is 4. The molecule has 1 heteroatoms. The van der Waals surface area contributed by atoms with Gasteiger partial charge in [-0.1, -0.05) is 86.6 Å². The third kappa shape index (κ3) is 3.34. The molecule has 3 rings (SSSR count). The van der Waals surface area contributed by atoms with Gasteiger partial charge in [0.25, 0.3) is 0 Å². The van der Waals surface area contributed by atoms with Crippen molar-refractivity contribution in [1.29, 1.82) is 0 Å². The van der Waals surface area contributed by atoms with E-state index in [0.717, 1.165) is 0 Å². The highest BCUT2D eigenvalue weighted by molar-refractivity contribution is 6.11. The van der Waals surface area contributed by atoms with Crippen LogP contribution in [-0.2, 0) is 0 Å². The summed E-state index contributed by atoms with van der Waals surface area (Å²) in [5, 5.41) is 2.55. The Kier molecular flexibility index (Phi) is 4.57. The van der Waals surface area contributed by atoms with E-state index in [-0.39, 0.29) is 6.04 Å². The van der Waals surface area contributed by atoms with E-state index in [9.17, 15) is 0 Å². The number of hydrogen-bond donors (Lipinski definition) is 0. The number of hydrogen-bond acceptors (Lipinski definition) is 1. The molecule has 0 aliphatic rings. The van der Waals surface area contributed by atoms with Crippen LogP contribution >= 0.6 is 0 Å². The molecular weight excluding hydrogens is 278 g/mol. The molecule has 3 aromatic carbocycles. The van der Waals surface area contributed by atoms with Crippen LogP contribution in [0, 0.1) is 5.92 Å². The predicted molar refractivity (Wildman–Crippen MR) is 100 cm³/mol. The molecule has 0 aromatic heterocycles. The maximum atomic E-state index is 5.08. The summed E-state index contributed by atoms with van der Waals surface area (Å²) in [6.45, 7) is 6.61. The van der Waals surface area contributed by atoms with Gasteiger partial charge in [-0.05, 0) is 29.2 Å². The summed E-state index contributed by atoms with van der Waals surface area (Å²) in [5.74, 6) is 0.381. The molecule has 0 saturated carbocycles. The van der Waals surface area contributed by atoms with Crippen LogP contribution in [-0.4, -0.2) is 5.71 Å². The van der Waals surface area contributed by atoms with Crippen LogP contribution in [0.1, 0.15) is 37.9 Å². The number of benzene rings is 3. The molecule has 1 unspecified atom stereocenters. The maximum absolute atomic E-state index is 5.08. The largest absolute Gasteiger partial charge is 0.281 e. The Bertz CT molecular complexity index is 810. The first kappa shape index (κ1) is 15.5. The van der Waals surface area contributed by atoms with E-state index in [1.807, 2.05) is 6.07 Å². The lowest BCUT2D eigenvalue weighted by atomic mass is 9.94. The van der Waals surface area contributed by atoms with E-state index in [1.165, 1.54) is 27.6 Å². The smallest absolute Gasteiger partial charge is 0.0724 e. The molecule has 0 radical (unpaired) electrons. The highest BCUT2D eigenvalue weighted by Crippen LogP contribution is 2.25. The quantitative estimate of drug-likeness (QED) is 0.520. The summed E-state index contributed by atoms with van der Waals surface area (Å²) in [4.78, 5) is 5.08. The SMILES string of the molecule is CC(C)C(=NC(C)c1ccccc1)c1cccc2ccccc12. The molecule has 0 N–H and O–H groups in total. The van der Waals surface area contributed by atoms with Crippen molar-refractivity contribution in [2.24, 2.45) is 10.9 Å². The van der Waals surface area contributed by atoms with Gasteiger partial charge in [0, 0.05) is 11.3 Å². The summed E-state index contributed by atoms with van der Waals surface area (Å²) in [5.41, 5.74) is 3.69. The lowest BCUT2D eigenvalue weighted by Gasteiger charge is -2.17. The average molecular weight is 301 g/mol. The molecule has 23 heavy (non-hydrogen) atoms. The van der Waals surface area contributed by atoms with Crippen LogP contribution in [0.4, 0.5) is 0 Å². The number of nitrogens with zero attached hydrogens (tertiary/aromatic N) is 1. The molecule has 0 fully saturated rings. The lowest BCUT2D eigenvalue weighted by Crippen LogP contribution is -2.12. The maximum Gasteiger partial charge on any atom is 0.0724 e. The standard InChI is InChI=1S/C22H23N/c1-16(2)22(23-17(3)18-10-5-4-6-11-18)21-15-9-13-19-12-7-8-14-20(19)21/h4-17H,1-3H3. The molecule has 1 atom stereocenters. The normalized spacial score (nSPS) is 13.5. The van der Waals surface area contributed by atoms with Gasteiger partial charge < -0.3 is 0 Å². The summed E-state index contributed by atoms with van der Waals surface area (Å²) in [6.07, 6.45) is 0. The van der Waals surface area contributed by atoms with Crippen molar-refractivity contribution in [2.45, 2.75) is 26.8 Å². The number of aliphatic imine (C=N–C) groups is 1. The molecular formula is C22H23N. The minimum atomic E-state index is 0.160. The number of fused-ring (bicyclic) bond motifs is 1. The van der Waals surface area contributed by atoms with E-state index >= 15 is 0 Å². The summed E-state index contributed by atoms with van der Waals surface area (Å²) in [6, 6.07) is 25.7. The molecule has 0 aliphatic carbocycles.